The van der Waals surface area contributed by atoms with Crippen molar-refractivity contribution in [3.63, 3.8) is 0 Å². The SMILES string of the molecule is N#CC(NCc1cccs1)c1cccnc1. The number of pyridine rings is 1. The molecule has 0 amide bonds. The molecular formula is C12H11N3S. The summed E-state index contributed by atoms with van der Waals surface area (Å²) in [6, 6.07) is 9.74. The fourth-order valence-electron chi connectivity index (χ4n) is 1.40. The molecule has 0 saturated carbocycles. The zero-order valence-corrected chi connectivity index (χ0v) is 9.45. The van der Waals surface area contributed by atoms with Crippen LogP contribution in [-0.4, -0.2) is 4.98 Å². The number of nitriles is 1. The number of hydrogen-bond acceptors (Lipinski definition) is 4. The lowest BCUT2D eigenvalue weighted by Gasteiger charge is -2.10. The average molecular weight is 229 g/mol. The third kappa shape index (κ3) is 2.66. The molecule has 16 heavy (non-hydrogen) atoms. The summed E-state index contributed by atoms with van der Waals surface area (Å²) >= 11 is 1.68. The number of nitrogens with zero attached hydrogens (tertiary/aromatic N) is 2. The molecule has 2 aromatic rings. The van der Waals surface area contributed by atoms with Crippen molar-refractivity contribution >= 4 is 11.3 Å². The van der Waals surface area contributed by atoms with Crippen molar-refractivity contribution in [3.8, 4) is 6.07 Å². The van der Waals surface area contributed by atoms with Gasteiger partial charge in [-0.2, -0.15) is 5.26 Å². The fraction of sp³-hybridized carbons (Fsp3) is 0.167. The first kappa shape index (κ1) is 10.8. The van der Waals surface area contributed by atoms with E-state index in [0.29, 0.717) is 6.54 Å². The van der Waals surface area contributed by atoms with Gasteiger partial charge in [-0.25, -0.2) is 0 Å². The van der Waals surface area contributed by atoms with Gasteiger partial charge in [0.1, 0.15) is 6.04 Å². The van der Waals surface area contributed by atoms with Crippen molar-refractivity contribution in [2.24, 2.45) is 0 Å². The third-order valence-corrected chi connectivity index (χ3v) is 3.08. The number of hydrogen-bond donors (Lipinski definition) is 1. The molecule has 0 fully saturated rings. The first-order chi connectivity index (χ1) is 7.90. The van der Waals surface area contributed by atoms with Crippen LogP contribution in [0.1, 0.15) is 16.5 Å². The summed E-state index contributed by atoms with van der Waals surface area (Å²) in [6.07, 6.45) is 3.42. The van der Waals surface area contributed by atoms with Gasteiger partial charge in [-0.3, -0.25) is 10.3 Å². The molecule has 0 saturated heterocycles. The predicted octanol–water partition coefficient (Wildman–Crippen LogP) is 2.50. The highest BCUT2D eigenvalue weighted by Crippen LogP contribution is 2.13. The lowest BCUT2D eigenvalue weighted by molar-refractivity contribution is 0.634. The van der Waals surface area contributed by atoms with E-state index >= 15 is 0 Å². The smallest absolute Gasteiger partial charge is 0.123 e. The van der Waals surface area contributed by atoms with Gasteiger partial charge in [-0.05, 0) is 17.5 Å². The number of nitrogens with one attached hydrogen (secondary N) is 1. The summed E-state index contributed by atoms with van der Waals surface area (Å²) in [7, 11) is 0. The van der Waals surface area contributed by atoms with E-state index in [9.17, 15) is 0 Å². The average Bonchev–Trinajstić information content (AvgIpc) is 2.84. The van der Waals surface area contributed by atoms with Crippen LogP contribution in [-0.2, 0) is 6.54 Å². The molecule has 1 atom stereocenters. The monoisotopic (exact) mass is 229 g/mol. The van der Waals surface area contributed by atoms with E-state index in [0.717, 1.165) is 5.56 Å². The Morgan fingerprint density at radius 1 is 1.44 bits per heavy atom. The third-order valence-electron chi connectivity index (χ3n) is 2.21. The highest BCUT2D eigenvalue weighted by atomic mass is 32.1. The maximum absolute atomic E-state index is 9.07. The quantitative estimate of drug-likeness (QED) is 0.876. The second-order valence-electron chi connectivity index (χ2n) is 3.31. The molecule has 2 rings (SSSR count). The van der Waals surface area contributed by atoms with Gasteiger partial charge in [0.25, 0.3) is 0 Å². The molecule has 80 valence electrons. The molecule has 3 nitrogen and oxygen atoms in total. The normalized spacial score (nSPS) is 11.9. The molecule has 2 aromatic heterocycles. The predicted molar refractivity (Wildman–Crippen MR) is 63.7 cm³/mol. The van der Waals surface area contributed by atoms with E-state index in [1.165, 1.54) is 4.88 Å². The Morgan fingerprint density at radius 3 is 3.00 bits per heavy atom. The minimum atomic E-state index is -0.296. The Bertz CT molecular complexity index is 459. The van der Waals surface area contributed by atoms with Gasteiger partial charge in [0.15, 0.2) is 0 Å². The van der Waals surface area contributed by atoms with Crippen LogP contribution in [0.3, 0.4) is 0 Å². The highest BCUT2D eigenvalue weighted by molar-refractivity contribution is 7.09. The van der Waals surface area contributed by atoms with Crippen molar-refractivity contribution in [1.82, 2.24) is 10.3 Å². The molecular weight excluding hydrogens is 218 g/mol. The Kier molecular flexibility index (Phi) is 3.65. The van der Waals surface area contributed by atoms with Crippen LogP contribution in [0.5, 0.6) is 0 Å². The van der Waals surface area contributed by atoms with Crippen molar-refractivity contribution in [1.29, 1.82) is 5.26 Å². The molecule has 0 aromatic carbocycles. The first-order valence-electron chi connectivity index (χ1n) is 4.95. The van der Waals surface area contributed by atoms with Gasteiger partial charge in [0.05, 0.1) is 6.07 Å². The van der Waals surface area contributed by atoms with Crippen LogP contribution in [0.15, 0.2) is 42.0 Å². The number of thiophene rings is 1. The Morgan fingerprint density at radius 2 is 2.38 bits per heavy atom. The summed E-state index contributed by atoms with van der Waals surface area (Å²) in [5.74, 6) is 0. The maximum Gasteiger partial charge on any atom is 0.123 e. The zero-order valence-electron chi connectivity index (χ0n) is 8.63. The summed E-state index contributed by atoms with van der Waals surface area (Å²) in [5, 5.41) is 14.3. The van der Waals surface area contributed by atoms with E-state index in [2.05, 4.69) is 22.4 Å². The number of aromatic nitrogens is 1. The first-order valence-corrected chi connectivity index (χ1v) is 5.83. The van der Waals surface area contributed by atoms with Crippen molar-refractivity contribution in [2.75, 3.05) is 0 Å². The van der Waals surface area contributed by atoms with Crippen LogP contribution >= 0.6 is 11.3 Å². The van der Waals surface area contributed by atoms with E-state index in [4.69, 9.17) is 5.26 Å². The van der Waals surface area contributed by atoms with E-state index in [1.807, 2.05) is 23.6 Å². The van der Waals surface area contributed by atoms with Gasteiger partial charge in [-0.1, -0.05) is 12.1 Å². The van der Waals surface area contributed by atoms with E-state index in [1.54, 1.807) is 23.7 Å². The van der Waals surface area contributed by atoms with Crippen LogP contribution in [0.4, 0.5) is 0 Å². The van der Waals surface area contributed by atoms with Crippen LogP contribution < -0.4 is 5.32 Å². The molecule has 0 aliphatic carbocycles. The van der Waals surface area contributed by atoms with Gasteiger partial charge < -0.3 is 0 Å². The fourth-order valence-corrected chi connectivity index (χ4v) is 2.06. The van der Waals surface area contributed by atoms with Crippen molar-refractivity contribution in [3.05, 3.63) is 52.5 Å². The van der Waals surface area contributed by atoms with Crippen LogP contribution in [0.25, 0.3) is 0 Å². The van der Waals surface area contributed by atoms with Crippen molar-refractivity contribution < 1.29 is 0 Å². The highest BCUT2D eigenvalue weighted by Gasteiger charge is 2.09. The Balaban J connectivity index is 2.00. The molecule has 0 aliphatic heterocycles. The summed E-state index contributed by atoms with van der Waals surface area (Å²) < 4.78 is 0. The van der Waals surface area contributed by atoms with Gasteiger partial charge in [0.2, 0.25) is 0 Å². The molecule has 1 N–H and O–H groups in total. The van der Waals surface area contributed by atoms with Gasteiger partial charge in [0, 0.05) is 29.4 Å². The van der Waals surface area contributed by atoms with E-state index < -0.39 is 0 Å². The minimum Gasteiger partial charge on any atom is -0.293 e. The lowest BCUT2D eigenvalue weighted by atomic mass is 10.1. The van der Waals surface area contributed by atoms with Crippen LogP contribution in [0, 0.1) is 11.3 Å². The molecule has 0 aliphatic rings. The molecule has 0 radical (unpaired) electrons. The summed E-state index contributed by atoms with van der Waals surface area (Å²) in [4.78, 5) is 5.24. The number of rotatable bonds is 4. The summed E-state index contributed by atoms with van der Waals surface area (Å²) in [6.45, 7) is 0.713. The lowest BCUT2D eigenvalue weighted by Crippen LogP contribution is -2.18. The Labute approximate surface area is 98.4 Å². The summed E-state index contributed by atoms with van der Waals surface area (Å²) in [5.41, 5.74) is 0.904. The van der Waals surface area contributed by atoms with Gasteiger partial charge in [-0.15, -0.1) is 11.3 Å². The second-order valence-corrected chi connectivity index (χ2v) is 4.34. The maximum atomic E-state index is 9.07. The molecule has 1 unspecified atom stereocenters. The zero-order chi connectivity index (χ0) is 11.2. The molecule has 2 heterocycles. The Hall–Kier alpha value is -1.70. The largest absolute Gasteiger partial charge is 0.293 e. The molecule has 0 spiro atoms. The minimum absolute atomic E-state index is 0.296. The standard InChI is InChI=1S/C12H11N3S/c13-7-12(10-3-1-5-14-8-10)15-9-11-4-2-6-16-11/h1-6,8,12,15H,9H2. The molecule has 0 bridgehead atoms. The second kappa shape index (κ2) is 5.40. The molecule has 4 heteroatoms. The van der Waals surface area contributed by atoms with E-state index in [-0.39, 0.29) is 6.04 Å². The van der Waals surface area contributed by atoms with Gasteiger partial charge >= 0.3 is 0 Å². The van der Waals surface area contributed by atoms with Crippen molar-refractivity contribution in [2.45, 2.75) is 12.6 Å². The topological polar surface area (TPSA) is 48.7 Å². The van der Waals surface area contributed by atoms with Crippen LogP contribution in [0.2, 0.25) is 0 Å².